The molecule has 1 aromatic rings. The van der Waals surface area contributed by atoms with Gasteiger partial charge in [0.25, 0.3) is 5.91 Å². The van der Waals surface area contributed by atoms with Crippen LogP contribution in [0.2, 0.25) is 0 Å². The number of thioether (sulfide) groups is 1. The first-order chi connectivity index (χ1) is 16.7. The highest BCUT2D eigenvalue weighted by Gasteiger charge is 2.74. The molecule has 3 fully saturated rings. The number of fused-ring (bicyclic) bond motifs is 1. The fourth-order valence-corrected chi connectivity index (χ4v) is 8.42. The van der Waals surface area contributed by atoms with Crippen molar-refractivity contribution in [1.82, 2.24) is 4.90 Å². The molecule has 190 valence electrons. The summed E-state index contributed by atoms with van der Waals surface area (Å²) in [5.41, 5.74) is 0.639. The molecule has 2 N–H and O–H groups in total. The van der Waals surface area contributed by atoms with Gasteiger partial charge in [0, 0.05) is 17.5 Å². The average Bonchev–Trinajstić information content (AvgIpc) is 3.48. The zero-order valence-electron chi connectivity index (χ0n) is 20.4. The Kier molecular flexibility index (Phi) is 7.20. The monoisotopic (exact) mass is 502 g/mol. The van der Waals surface area contributed by atoms with E-state index in [1.807, 2.05) is 13.8 Å². The van der Waals surface area contributed by atoms with Gasteiger partial charge in [0.15, 0.2) is 0 Å². The van der Waals surface area contributed by atoms with Crippen LogP contribution in [-0.2, 0) is 14.4 Å². The zero-order chi connectivity index (χ0) is 25.5. The van der Waals surface area contributed by atoms with E-state index in [9.17, 15) is 24.6 Å². The molecule has 2 amide bonds. The van der Waals surface area contributed by atoms with E-state index in [2.05, 4.69) is 6.58 Å². The molecule has 6 atom stereocenters. The van der Waals surface area contributed by atoms with Gasteiger partial charge in [-0.25, -0.2) is 0 Å². The smallest absolute Gasteiger partial charge is 0.308 e. The van der Waals surface area contributed by atoms with Crippen molar-refractivity contribution in [3.8, 4) is 5.75 Å². The van der Waals surface area contributed by atoms with Crippen molar-refractivity contribution < 1.29 is 29.3 Å². The summed E-state index contributed by atoms with van der Waals surface area (Å²) >= 11 is 1.50. The number of hydrogen-bond donors (Lipinski definition) is 2. The topological polar surface area (TPSA) is 107 Å². The molecule has 9 heteroatoms. The summed E-state index contributed by atoms with van der Waals surface area (Å²) in [5, 5.41) is 20.1. The third-order valence-corrected chi connectivity index (χ3v) is 9.52. The van der Waals surface area contributed by atoms with Crippen LogP contribution in [-0.4, -0.2) is 75.2 Å². The first-order valence-corrected chi connectivity index (χ1v) is 13.0. The first-order valence-electron chi connectivity index (χ1n) is 12.1. The lowest BCUT2D eigenvalue weighted by molar-refractivity contribution is -0.149. The number of aliphatic hydroxyl groups is 1. The number of aliphatic carboxylic acids is 1. The molecule has 1 aromatic carbocycles. The summed E-state index contributed by atoms with van der Waals surface area (Å²) < 4.78 is 4.43. The number of carbonyl (C=O) groups excluding carboxylic acids is 2. The number of nitrogens with zero attached hydrogens (tertiary/aromatic N) is 2. The quantitative estimate of drug-likeness (QED) is 0.474. The molecule has 35 heavy (non-hydrogen) atoms. The highest BCUT2D eigenvalue weighted by Crippen LogP contribution is 2.66. The molecule has 4 rings (SSSR count). The fraction of sp³-hybridized carbons (Fsp3) is 0.577. The summed E-state index contributed by atoms with van der Waals surface area (Å²) in [6.07, 6.45) is 3.40. The van der Waals surface area contributed by atoms with Crippen LogP contribution in [0.3, 0.4) is 0 Å². The number of benzene rings is 1. The van der Waals surface area contributed by atoms with E-state index < -0.39 is 34.6 Å². The van der Waals surface area contributed by atoms with Gasteiger partial charge in [-0.3, -0.25) is 14.4 Å². The minimum absolute atomic E-state index is 0.179. The molecule has 3 aliphatic rings. The zero-order valence-corrected chi connectivity index (χ0v) is 21.2. The van der Waals surface area contributed by atoms with Crippen LogP contribution >= 0.6 is 11.8 Å². The Bertz CT molecular complexity index is 998. The summed E-state index contributed by atoms with van der Waals surface area (Å²) in [7, 11) is 1.57. The molecule has 8 nitrogen and oxygen atoms in total. The van der Waals surface area contributed by atoms with Crippen LogP contribution in [0.25, 0.3) is 0 Å². The standard InChI is InChI=1S/C26H34N2O6S/c1-5-12-27(16-6-8-18(34-4)9-7-16)24(31)22-26-11-10-19(35-26)20(25(32)33)21(26)23(30)28(22)17(14-29)13-15(2)3/h5-9,15,17,19-22,29H,1,10-14H2,2-4H3,(H,32,33)/t17-,19+,20-,21+,22?,26?/m1/s1. The maximum Gasteiger partial charge on any atom is 0.308 e. The summed E-state index contributed by atoms with van der Waals surface area (Å²) in [6, 6.07) is 5.68. The van der Waals surface area contributed by atoms with Gasteiger partial charge in [-0.2, -0.15) is 0 Å². The van der Waals surface area contributed by atoms with E-state index in [0.29, 0.717) is 30.7 Å². The largest absolute Gasteiger partial charge is 0.497 e. The second kappa shape index (κ2) is 9.85. The number of carboxylic acids is 1. The number of likely N-dealkylation sites (tertiary alicyclic amines) is 1. The molecular weight excluding hydrogens is 468 g/mol. The highest BCUT2D eigenvalue weighted by atomic mass is 32.2. The summed E-state index contributed by atoms with van der Waals surface area (Å²) in [6.45, 7) is 7.77. The molecule has 0 saturated carbocycles. The van der Waals surface area contributed by atoms with Crippen molar-refractivity contribution in [2.24, 2.45) is 17.8 Å². The van der Waals surface area contributed by atoms with Crippen molar-refractivity contribution >= 4 is 35.2 Å². The van der Waals surface area contributed by atoms with Crippen LogP contribution in [0.15, 0.2) is 36.9 Å². The van der Waals surface area contributed by atoms with E-state index in [4.69, 9.17) is 4.74 Å². The average molecular weight is 503 g/mol. The molecule has 2 bridgehead atoms. The third-order valence-electron chi connectivity index (χ3n) is 7.57. The number of hydrogen-bond acceptors (Lipinski definition) is 6. The van der Waals surface area contributed by atoms with E-state index in [-0.39, 0.29) is 36.1 Å². The Balaban J connectivity index is 1.81. The molecule has 0 radical (unpaired) electrons. The van der Waals surface area contributed by atoms with Crippen molar-refractivity contribution in [3.63, 3.8) is 0 Å². The number of ether oxygens (including phenoxy) is 1. The molecular formula is C26H34N2O6S. The Labute approximate surface area is 210 Å². The highest BCUT2D eigenvalue weighted by molar-refractivity contribution is 8.02. The van der Waals surface area contributed by atoms with Crippen LogP contribution in [0.1, 0.15) is 33.1 Å². The van der Waals surface area contributed by atoms with E-state index in [0.717, 1.165) is 0 Å². The number of rotatable bonds is 10. The van der Waals surface area contributed by atoms with Crippen molar-refractivity contribution in [2.75, 3.05) is 25.2 Å². The lowest BCUT2D eigenvalue weighted by Crippen LogP contribution is -2.57. The maximum atomic E-state index is 14.4. The van der Waals surface area contributed by atoms with E-state index in [1.54, 1.807) is 42.4 Å². The van der Waals surface area contributed by atoms with Gasteiger partial charge in [-0.15, -0.1) is 18.3 Å². The van der Waals surface area contributed by atoms with Gasteiger partial charge in [0.1, 0.15) is 11.8 Å². The normalized spacial score (nSPS) is 29.9. The Hall–Kier alpha value is -2.52. The molecule has 0 aromatic heterocycles. The number of aliphatic hydroxyl groups excluding tert-OH is 1. The van der Waals surface area contributed by atoms with Gasteiger partial charge in [-0.1, -0.05) is 19.9 Å². The van der Waals surface area contributed by atoms with Crippen molar-refractivity contribution in [2.45, 2.75) is 55.2 Å². The molecule has 2 unspecified atom stereocenters. The van der Waals surface area contributed by atoms with Gasteiger partial charge >= 0.3 is 5.97 Å². The fourth-order valence-electron chi connectivity index (χ4n) is 6.23. The summed E-state index contributed by atoms with van der Waals surface area (Å²) in [4.78, 5) is 43.7. The molecule has 0 aliphatic carbocycles. The minimum atomic E-state index is -0.988. The molecule has 3 saturated heterocycles. The van der Waals surface area contributed by atoms with Gasteiger partial charge < -0.3 is 24.7 Å². The third kappa shape index (κ3) is 4.12. The van der Waals surface area contributed by atoms with E-state index >= 15 is 0 Å². The van der Waals surface area contributed by atoms with Crippen molar-refractivity contribution in [1.29, 1.82) is 0 Å². The molecule has 3 heterocycles. The molecule has 1 spiro atoms. The first kappa shape index (κ1) is 25.6. The minimum Gasteiger partial charge on any atom is -0.497 e. The maximum absolute atomic E-state index is 14.4. The Morgan fingerprint density at radius 3 is 2.57 bits per heavy atom. The SMILES string of the molecule is C=CCN(C(=O)C1N([C@@H](CO)CC(C)C)C(=O)[C@@H]2[C@H](C(=O)O)[C@@H]3CCC12S3)c1ccc(OC)cc1. The lowest BCUT2D eigenvalue weighted by atomic mass is 9.71. The van der Waals surface area contributed by atoms with Crippen molar-refractivity contribution in [3.05, 3.63) is 36.9 Å². The second-order valence-electron chi connectivity index (χ2n) is 10.0. The van der Waals surface area contributed by atoms with Gasteiger partial charge in [0.2, 0.25) is 5.91 Å². The summed E-state index contributed by atoms with van der Waals surface area (Å²) in [5.74, 6) is -2.35. The van der Waals surface area contributed by atoms with E-state index in [1.165, 1.54) is 16.7 Å². The van der Waals surface area contributed by atoms with Crippen LogP contribution < -0.4 is 9.64 Å². The van der Waals surface area contributed by atoms with Crippen LogP contribution in [0.4, 0.5) is 5.69 Å². The number of amides is 2. The number of methoxy groups -OCH3 is 1. The molecule has 3 aliphatic heterocycles. The second-order valence-corrected chi connectivity index (χ2v) is 11.6. The predicted molar refractivity (Wildman–Crippen MR) is 134 cm³/mol. The Morgan fingerprint density at radius 1 is 1.34 bits per heavy atom. The number of anilines is 1. The Morgan fingerprint density at radius 2 is 2.03 bits per heavy atom. The van der Waals surface area contributed by atoms with Crippen LogP contribution in [0, 0.1) is 17.8 Å². The van der Waals surface area contributed by atoms with Gasteiger partial charge in [0.05, 0.1) is 36.3 Å². The lowest BCUT2D eigenvalue weighted by Gasteiger charge is -2.40. The predicted octanol–water partition coefficient (Wildman–Crippen LogP) is 2.80. The van der Waals surface area contributed by atoms with Gasteiger partial charge in [-0.05, 0) is 49.4 Å². The number of carbonyl (C=O) groups is 3. The van der Waals surface area contributed by atoms with Crippen LogP contribution in [0.5, 0.6) is 5.75 Å². The number of carboxylic acid groups (broad SMARTS) is 1.